The summed E-state index contributed by atoms with van der Waals surface area (Å²) < 4.78 is 1.83. The van der Waals surface area contributed by atoms with Crippen molar-refractivity contribution < 1.29 is 4.79 Å². The van der Waals surface area contributed by atoms with Crippen LogP contribution in [-0.2, 0) is 19.4 Å². The highest BCUT2D eigenvalue weighted by atomic mass is 16.1. The van der Waals surface area contributed by atoms with Crippen LogP contribution < -0.4 is 5.32 Å². The normalized spacial score (nSPS) is 15.0. The number of benzene rings is 1. The van der Waals surface area contributed by atoms with Gasteiger partial charge in [-0.3, -0.25) is 4.79 Å². The summed E-state index contributed by atoms with van der Waals surface area (Å²) in [4.78, 5) is 20.7. The molecule has 2 aromatic heterocycles. The van der Waals surface area contributed by atoms with Gasteiger partial charge in [-0.1, -0.05) is 6.92 Å². The molecule has 0 saturated heterocycles. The lowest BCUT2D eigenvalue weighted by molar-refractivity contribution is 0.0933. The summed E-state index contributed by atoms with van der Waals surface area (Å²) in [5.74, 6) is 0.749. The Bertz CT molecular complexity index is 939. The van der Waals surface area contributed by atoms with Gasteiger partial charge in [0.2, 0.25) is 0 Å². The molecule has 0 fully saturated rings. The topological polar surface area (TPSA) is 75.6 Å². The molecule has 0 radical (unpaired) electrons. The Balaban J connectivity index is 1.61. The summed E-state index contributed by atoms with van der Waals surface area (Å²) in [5.41, 5.74) is 4.56. The molecule has 0 saturated carbocycles. The summed E-state index contributed by atoms with van der Waals surface area (Å²) in [6.45, 7) is 4.81. The Morgan fingerprint density at radius 1 is 1.31 bits per heavy atom. The fraction of sp³-hybridized carbons (Fsp3) is 0.450. The van der Waals surface area contributed by atoms with E-state index < -0.39 is 0 Å². The molecular weight excluding hydrogens is 326 g/mol. The molecule has 4 rings (SSSR count). The van der Waals surface area contributed by atoms with Gasteiger partial charge in [0.1, 0.15) is 12.2 Å². The van der Waals surface area contributed by atoms with E-state index in [0.29, 0.717) is 5.56 Å². The first-order valence-electron chi connectivity index (χ1n) is 9.53. The lowest BCUT2D eigenvalue weighted by Gasteiger charge is -2.17. The number of H-pyrrole nitrogens is 1. The van der Waals surface area contributed by atoms with Gasteiger partial charge in [-0.2, -0.15) is 5.10 Å². The van der Waals surface area contributed by atoms with Gasteiger partial charge < -0.3 is 10.3 Å². The number of hydrogen-bond acceptors (Lipinski definition) is 3. The van der Waals surface area contributed by atoms with Crippen LogP contribution in [0.2, 0.25) is 0 Å². The van der Waals surface area contributed by atoms with Gasteiger partial charge in [-0.05, 0) is 62.8 Å². The number of hydrogen-bond donors (Lipinski definition) is 2. The third kappa shape index (κ3) is 2.89. The lowest BCUT2D eigenvalue weighted by atomic mass is 9.95. The smallest absolute Gasteiger partial charge is 0.251 e. The average Bonchev–Trinajstić information content (AvgIpc) is 3.29. The number of aromatic amines is 1. The van der Waals surface area contributed by atoms with E-state index in [1.807, 2.05) is 36.7 Å². The molecule has 1 unspecified atom stereocenters. The fourth-order valence-electron chi connectivity index (χ4n) is 3.92. The van der Waals surface area contributed by atoms with E-state index in [2.05, 4.69) is 20.4 Å². The second-order valence-electron chi connectivity index (χ2n) is 6.92. The van der Waals surface area contributed by atoms with E-state index in [1.54, 1.807) is 6.33 Å². The van der Waals surface area contributed by atoms with Crippen molar-refractivity contribution in [2.75, 3.05) is 0 Å². The largest absolute Gasteiger partial charge is 0.358 e. The van der Waals surface area contributed by atoms with Crippen LogP contribution in [0.1, 0.15) is 66.6 Å². The number of fused-ring (bicyclic) bond motifs is 3. The van der Waals surface area contributed by atoms with Crippen molar-refractivity contribution in [1.29, 1.82) is 0 Å². The maximum Gasteiger partial charge on any atom is 0.251 e. The van der Waals surface area contributed by atoms with Gasteiger partial charge in [0.15, 0.2) is 0 Å². The van der Waals surface area contributed by atoms with E-state index >= 15 is 0 Å². The van der Waals surface area contributed by atoms with Crippen molar-refractivity contribution in [2.24, 2.45) is 0 Å². The number of nitrogens with one attached hydrogen (secondary N) is 2. The zero-order valence-corrected chi connectivity index (χ0v) is 15.4. The van der Waals surface area contributed by atoms with E-state index in [4.69, 9.17) is 0 Å². The fourth-order valence-corrected chi connectivity index (χ4v) is 3.92. The van der Waals surface area contributed by atoms with Crippen molar-refractivity contribution in [3.8, 4) is 0 Å². The average molecular weight is 351 g/mol. The Kier molecular flexibility index (Phi) is 4.49. The molecule has 3 aromatic rings. The molecule has 0 aliphatic heterocycles. The molecule has 0 bridgehead atoms. The van der Waals surface area contributed by atoms with Crippen LogP contribution in [0.5, 0.6) is 0 Å². The molecule has 1 atom stereocenters. The highest BCUT2D eigenvalue weighted by Gasteiger charge is 2.20. The highest BCUT2D eigenvalue weighted by Crippen LogP contribution is 2.29. The van der Waals surface area contributed by atoms with Gasteiger partial charge in [0.25, 0.3) is 5.91 Å². The quantitative estimate of drug-likeness (QED) is 0.738. The van der Waals surface area contributed by atoms with Crippen LogP contribution >= 0.6 is 0 Å². The van der Waals surface area contributed by atoms with Crippen molar-refractivity contribution in [3.05, 3.63) is 47.2 Å². The zero-order valence-electron chi connectivity index (χ0n) is 15.4. The third-order valence-electron chi connectivity index (χ3n) is 5.33. The van der Waals surface area contributed by atoms with Gasteiger partial charge in [-0.25, -0.2) is 9.67 Å². The van der Waals surface area contributed by atoms with E-state index in [-0.39, 0.29) is 11.9 Å². The van der Waals surface area contributed by atoms with Crippen molar-refractivity contribution in [1.82, 2.24) is 25.1 Å². The summed E-state index contributed by atoms with van der Waals surface area (Å²) in [7, 11) is 0. The van der Waals surface area contributed by atoms with Crippen LogP contribution in [0.4, 0.5) is 0 Å². The van der Waals surface area contributed by atoms with Gasteiger partial charge in [0, 0.05) is 28.7 Å². The number of aryl methyl sites for hydroxylation is 3. The Labute approximate surface area is 153 Å². The van der Waals surface area contributed by atoms with Crippen LogP contribution in [0.3, 0.4) is 0 Å². The van der Waals surface area contributed by atoms with Crippen LogP contribution in [0.25, 0.3) is 10.9 Å². The molecule has 6 nitrogen and oxygen atoms in total. The standard InChI is InChI=1S/C20H25N5O/c1-3-16(19-21-12-22-25(19)4-2)24-20(26)13-9-10-18-15(11-13)14-7-5-6-8-17(14)23-18/h9-12,16,23H,3-8H2,1-2H3,(H,24,26). The van der Waals surface area contributed by atoms with Gasteiger partial charge in [-0.15, -0.1) is 0 Å². The Morgan fingerprint density at radius 3 is 2.96 bits per heavy atom. The monoisotopic (exact) mass is 351 g/mol. The first-order chi connectivity index (χ1) is 12.7. The number of amides is 1. The predicted octanol–water partition coefficient (Wildman–Crippen LogP) is 3.54. The second-order valence-corrected chi connectivity index (χ2v) is 6.92. The Morgan fingerprint density at radius 2 is 2.15 bits per heavy atom. The third-order valence-corrected chi connectivity index (χ3v) is 5.33. The van der Waals surface area contributed by atoms with Gasteiger partial charge in [0.05, 0.1) is 6.04 Å². The van der Waals surface area contributed by atoms with Crippen molar-refractivity contribution >= 4 is 16.8 Å². The maximum absolute atomic E-state index is 12.9. The molecule has 1 aromatic carbocycles. The SMILES string of the molecule is CCC(NC(=O)c1ccc2[nH]c3c(c2c1)CCCC3)c1ncnn1CC. The number of carbonyl (C=O) groups is 1. The molecule has 2 heterocycles. The summed E-state index contributed by atoms with van der Waals surface area (Å²) in [5, 5.41) is 8.53. The number of nitrogens with zero attached hydrogens (tertiary/aromatic N) is 3. The maximum atomic E-state index is 12.9. The molecule has 26 heavy (non-hydrogen) atoms. The van der Waals surface area contributed by atoms with Crippen LogP contribution in [-0.4, -0.2) is 25.7 Å². The molecule has 1 aliphatic rings. The molecule has 2 N–H and O–H groups in total. The van der Waals surface area contributed by atoms with E-state index in [0.717, 1.165) is 37.1 Å². The van der Waals surface area contributed by atoms with Crippen molar-refractivity contribution in [2.45, 2.75) is 58.5 Å². The summed E-state index contributed by atoms with van der Waals surface area (Å²) >= 11 is 0. The minimum atomic E-state index is -0.138. The van der Waals surface area contributed by atoms with E-state index in [9.17, 15) is 4.79 Å². The highest BCUT2D eigenvalue weighted by molar-refractivity contribution is 5.99. The minimum Gasteiger partial charge on any atom is -0.358 e. The Hall–Kier alpha value is -2.63. The molecule has 136 valence electrons. The van der Waals surface area contributed by atoms with Gasteiger partial charge >= 0.3 is 0 Å². The summed E-state index contributed by atoms with van der Waals surface area (Å²) in [6, 6.07) is 5.82. The zero-order chi connectivity index (χ0) is 18.1. The lowest BCUT2D eigenvalue weighted by Crippen LogP contribution is -2.30. The molecule has 0 spiro atoms. The molecule has 1 aliphatic carbocycles. The first kappa shape index (κ1) is 16.8. The molecule has 6 heteroatoms. The second kappa shape index (κ2) is 6.94. The molecular formula is C20H25N5O. The van der Waals surface area contributed by atoms with Crippen molar-refractivity contribution in [3.63, 3.8) is 0 Å². The predicted molar refractivity (Wildman–Crippen MR) is 101 cm³/mol. The number of aromatic nitrogens is 4. The number of rotatable bonds is 5. The van der Waals surface area contributed by atoms with Crippen LogP contribution in [0, 0.1) is 0 Å². The van der Waals surface area contributed by atoms with Crippen LogP contribution in [0.15, 0.2) is 24.5 Å². The summed E-state index contributed by atoms with van der Waals surface area (Å²) in [6.07, 6.45) is 6.98. The first-order valence-corrected chi connectivity index (χ1v) is 9.53. The van der Waals surface area contributed by atoms with E-state index in [1.165, 1.54) is 29.5 Å². The molecule has 1 amide bonds. The number of carbonyl (C=O) groups excluding carboxylic acids is 1. The minimum absolute atomic E-state index is 0.0600.